The zero-order valence-electron chi connectivity index (χ0n) is 42.7. The van der Waals surface area contributed by atoms with Crippen molar-refractivity contribution >= 4 is 63.6 Å². The maximum absolute atomic E-state index is 14.2. The van der Waals surface area contributed by atoms with Gasteiger partial charge in [-0.05, 0) is 62.4 Å². The largest absolute Gasteiger partial charge is 0.491 e. The number of aromatic nitrogens is 4. The summed E-state index contributed by atoms with van der Waals surface area (Å²) in [5.74, 6) is -0.0456. The van der Waals surface area contributed by atoms with Gasteiger partial charge in [-0.3, -0.25) is 28.7 Å². The number of amides is 4. The molecule has 3 aliphatic rings. The summed E-state index contributed by atoms with van der Waals surface area (Å²) < 4.78 is 31.9. The first-order valence-electron chi connectivity index (χ1n) is 24.6. The van der Waals surface area contributed by atoms with Gasteiger partial charge in [0.2, 0.25) is 23.6 Å². The second-order valence-electron chi connectivity index (χ2n) is 19.6. The number of aryl methyl sites for hydroxylation is 3. The highest BCUT2D eigenvalue weighted by Crippen LogP contribution is 2.40. The molecule has 1 saturated heterocycles. The lowest BCUT2D eigenvalue weighted by Crippen LogP contribution is -2.58. The first-order chi connectivity index (χ1) is 35.5. The van der Waals surface area contributed by atoms with Crippen molar-refractivity contribution < 1.29 is 48.0 Å². The van der Waals surface area contributed by atoms with E-state index in [4.69, 9.17) is 40.3 Å². The number of nitrogens with zero attached hydrogens (tertiary/aromatic N) is 6. The molecule has 396 valence electrons. The van der Waals surface area contributed by atoms with E-state index in [0.717, 1.165) is 48.4 Å². The molecule has 2 aromatic carbocycles. The summed E-state index contributed by atoms with van der Waals surface area (Å²) in [7, 11) is 0. The molecular formula is C52H64ClN9O10S2. The highest BCUT2D eigenvalue weighted by atomic mass is 35.5. The Morgan fingerprint density at radius 1 is 0.919 bits per heavy atom. The number of aliphatic imine (C=N–C) groups is 1. The summed E-state index contributed by atoms with van der Waals surface area (Å²) in [4.78, 5) is 68.6. The molecule has 6 heterocycles. The van der Waals surface area contributed by atoms with Gasteiger partial charge in [-0.25, -0.2) is 4.98 Å². The van der Waals surface area contributed by atoms with Crippen LogP contribution in [0.2, 0.25) is 5.02 Å². The molecule has 0 bridgehead atoms. The van der Waals surface area contributed by atoms with E-state index < -0.39 is 53.4 Å². The predicted octanol–water partition coefficient (Wildman–Crippen LogP) is 5.37. The van der Waals surface area contributed by atoms with Crippen LogP contribution in [0.3, 0.4) is 0 Å². The van der Waals surface area contributed by atoms with Gasteiger partial charge in [-0.15, -0.1) is 32.9 Å². The van der Waals surface area contributed by atoms with Gasteiger partial charge < -0.3 is 49.6 Å². The molecule has 3 aromatic heterocycles. The zero-order chi connectivity index (χ0) is 52.7. The van der Waals surface area contributed by atoms with Gasteiger partial charge in [-0.2, -0.15) is 0 Å². The third kappa shape index (κ3) is 13.1. The molecule has 0 spiro atoms. The number of ether oxygens (including phenoxy) is 5. The molecule has 0 radical (unpaired) electrons. The number of hydrogen-bond donors (Lipinski definition) is 4. The van der Waals surface area contributed by atoms with Crippen LogP contribution in [0.5, 0.6) is 5.75 Å². The SMILES string of the molecule is Cc1ncsc1-c1ccc2c(c1)OCCOC[C@@H](NC(=O)C[C@@H]1N=C(c3ccc(Cl)cc3)c3c(sc(C)c3C)-n3c(C)nnc31)COCCOCCOCC(=O)N[C@@H](C(C)(C)C)C(=O)N1C[C@H](O)C[C@H]1C(=O)NC2. The molecule has 19 nitrogen and oxygen atoms in total. The summed E-state index contributed by atoms with van der Waals surface area (Å²) in [6.45, 7) is 14.1. The fourth-order valence-electron chi connectivity index (χ4n) is 9.07. The minimum absolute atomic E-state index is 0.0281. The van der Waals surface area contributed by atoms with Crippen molar-refractivity contribution in [3.05, 3.63) is 97.5 Å². The lowest BCUT2D eigenvalue weighted by Gasteiger charge is -2.35. The smallest absolute Gasteiger partial charge is 0.246 e. The second kappa shape index (κ2) is 24.3. The van der Waals surface area contributed by atoms with Gasteiger partial charge in [0.15, 0.2) is 5.82 Å². The van der Waals surface area contributed by atoms with Crippen molar-refractivity contribution in [3.8, 4) is 21.2 Å². The molecule has 1 fully saturated rings. The van der Waals surface area contributed by atoms with E-state index in [9.17, 15) is 24.3 Å². The molecule has 4 amide bonds. The standard InChI is InChI=1S/C52H64ClN9O10S2/c1-29-31(3)74-51-44(29)45(33-10-12-36(53)13-11-33)57-39(48-60-59-32(4)62(48)51)22-42(64)56-37-25-69-16-14-68-15-17-71-27-43(65)58-47(52(5,6)7)50(67)61-24-38(63)21-40(61)49(66)54-23-35-9-8-34(46-30(2)55-28-73-46)20-41(35)72-19-18-70-26-37/h8-13,20,28,37-40,47,63H,14-19,21-27H2,1-7H3,(H,54,66)(H,56,64)(H,58,65)/t37-,38+,39-,40-,47+/m0/s1. The Labute approximate surface area is 443 Å². The highest BCUT2D eigenvalue weighted by molar-refractivity contribution is 7.15. The average Bonchev–Trinajstić information content (AvgIpc) is 4.13. The topological polar surface area (TPSA) is 230 Å². The normalized spacial score (nSPS) is 22.2. The minimum atomic E-state index is -1.02. The first kappa shape index (κ1) is 54.6. The van der Waals surface area contributed by atoms with Crippen LogP contribution in [0, 0.1) is 33.1 Å². The number of rotatable bonds is 5. The van der Waals surface area contributed by atoms with Gasteiger partial charge >= 0.3 is 0 Å². The van der Waals surface area contributed by atoms with Crippen molar-refractivity contribution in [2.24, 2.45) is 10.4 Å². The summed E-state index contributed by atoms with van der Waals surface area (Å²) in [5.41, 5.74) is 7.05. The van der Waals surface area contributed by atoms with Crippen LogP contribution in [0.1, 0.15) is 84.1 Å². The molecule has 5 atom stereocenters. The summed E-state index contributed by atoms with van der Waals surface area (Å²) in [5, 5.41) is 30.2. The van der Waals surface area contributed by atoms with Gasteiger partial charge in [0.05, 0.1) is 86.6 Å². The molecule has 74 heavy (non-hydrogen) atoms. The van der Waals surface area contributed by atoms with E-state index >= 15 is 0 Å². The number of carbonyl (C=O) groups excluding carboxylic acids is 4. The van der Waals surface area contributed by atoms with Gasteiger partial charge in [0.25, 0.3) is 0 Å². The number of thiophene rings is 1. The van der Waals surface area contributed by atoms with E-state index in [1.807, 2.05) is 81.7 Å². The van der Waals surface area contributed by atoms with Gasteiger partial charge in [0.1, 0.15) is 47.9 Å². The number of hydrogen-bond acceptors (Lipinski definition) is 16. The van der Waals surface area contributed by atoms with Crippen LogP contribution >= 0.6 is 34.3 Å². The lowest BCUT2D eigenvalue weighted by atomic mass is 9.85. The van der Waals surface area contributed by atoms with Crippen LogP contribution in [0.25, 0.3) is 15.4 Å². The van der Waals surface area contributed by atoms with E-state index in [-0.39, 0.29) is 91.3 Å². The maximum atomic E-state index is 14.2. The number of thiazole rings is 1. The average molecular weight is 1070 g/mol. The summed E-state index contributed by atoms with van der Waals surface area (Å²) >= 11 is 9.45. The van der Waals surface area contributed by atoms with Crippen LogP contribution in [-0.2, 0) is 44.7 Å². The first-order valence-corrected chi connectivity index (χ1v) is 26.7. The van der Waals surface area contributed by atoms with Crippen LogP contribution < -0.4 is 20.7 Å². The van der Waals surface area contributed by atoms with E-state index in [1.165, 1.54) is 16.2 Å². The molecule has 8 rings (SSSR count). The van der Waals surface area contributed by atoms with Crippen molar-refractivity contribution in [2.75, 3.05) is 66.0 Å². The van der Waals surface area contributed by atoms with Crippen molar-refractivity contribution in [1.29, 1.82) is 0 Å². The monoisotopic (exact) mass is 1070 g/mol. The van der Waals surface area contributed by atoms with E-state index in [1.54, 1.807) is 16.8 Å². The molecule has 22 heteroatoms. The summed E-state index contributed by atoms with van der Waals surface area (Å²) in [6.07, 6.45) is -0.963. The van der Waals surface area contributed by atoms with Crippen LogP contribution in [-0.4, -0.2) is 149 Å². The fraction of sp³-hybridized carbons (Fsp3) is 0.500. The fourth-order valence-corrected chi connectivity index (χ4v) is 11.2. The number of nitrogens with one attached hydrogen (secondary N) is 3. The Kier molecular flexibility index (Phi) is 18.0. The molecule has 0 saturated carbocycles. The van der Waals surface area contributed by atoms with Crippen LogP contribution in [0.4, 0.5) is 0 Å². The Morgan fingerprint density at radius 2 is 1.62 bits per heavy atom. The number of aliphatic hydroxyl groups excluding tert-OH is 1. The highest BCUT2D eigenvalue weighted by Gasteiger charge is 2.44. The van der Waals surface area contributed by atoms with Crippen LogP contribution in [0.15, 0.2) is 53.0 Å². The molecular weight excluding hydrogens is 1010 g/mol. The number of aliphatic hydroxyl groups is 1. The van der Waals surface area contributed by atoms with Gasteiger partial charge in [0, 0.05) is 46.1 Å². The lowest BCUT2D eigenvalue weighted by molar-refractivity contribution is -0.144. The quantitative estimate of drug-likeness (QED) is 0.174. The number of halogens is 1. The van der Waals surface area contributed by atoms with Crippen molar-refractivity contribution in [2.45, 2.75) is 98.1 Å². The molecule has 3 aliphatic heterocycles. The van der Waals surface area contributed by atoms with E-state index in [0.29, 0.717) is 28.0 Å². The number of fused-ring (bicyclic) bond motifs is 5. The van der Waals surface area contributed by atoms with Crippen molar-refractivity contribution in [3.63, 3.8) is 0 Å². The molecule has 5 aromatic rings. The number of carbonyl (C=O) groups is 4. The second-order valence-corrected chi connectivity index (χ2v) is 22.1. The molecule has 0 unspecified atom stereocenters. The third-order valence-corrected chi connectivity index (χ3v) is 15.4. The summed E-state index contributed by atoms with van der Waals surface area (Å²) in [6, 6.07) is 9.91. The molecule has 0 aliphatic carbocycles. The minimum Gasteiger partial charge on any atom is -0.491 e. The Morgan fingerprint density at radius 3 is 2.34 bits per heavy atom. The third-order valence-electron chi connectivity index (χ3n) is 13.0. The predicted molar refractivity (Wildman–Crippen MR) is 280 cm³/mol. The Balaban J connectivity index is 1.00. The Hall–Kier alpha value is -5.65. The maximum Gasteiger partial charge on any atom is 0.246 e. The zero-order valence-corrected chi connectivity index (χ0v) is 45.1. The van der Waals surface area contributed by atoms with Gasteiger partial charge in [-0.1, -0.05) is 56.6 Å². The Bertz CT molecular complexity index is 2840. The van der Waals surface area contributed by atoms with E-state index in [2.05, 4.69) is 45.0 Å². The molecule has 4 N–H and O–H groups in total. The number of benzene rings is 2. The van der Waals surface area contributed by atoms with Crippen molar-refractivity contribution in [1.82, 2.24) is 40.6 Å².